The average molecular weight is 471 g/mol. The van der Waals surface area contributed by atoms with E-state index in [1.807, 2.05) is 6.20 Å². The van der Waals surface area contributed by atoms with Crippen molar-refractivity contribution in [1.29, 1.82) is 0 Å². The molecule has 35 heavy (non-hydrogen) atoms. The van der Waals surface area contributed by atoms with Crippen LogP contribution in [0.2, 0.25) is 0 Å². The summed E-state index contributed by atoms with van der Waals surface area (Å²) in [5.41, 5.74) is 7.37. The first-order valence-corrected chi connectivity index (χ1v) is 13.4. The Hall–Kier alpha value is -2.77. The lowest BCUT2D eigenvalue weighted by Crippen LogP contribution is -2.46. The molecule has 7 heteroatoms. The third kappa shape index (κ3) is 4.36. The number of aromatic nitrogens is 4. The molecule has 182 valence electrons. The van der Waals surface area contributed by atoms with Crippen LogP contribution >= 0.6 is 0 Å². The van der Waals surface area contributed by atoms with Crippen LogP contribution in [0.25, 0.3) is 22.3 Å². The predicted octanol–water partition coefficient (Wildman–Crippen LogP) is 4.38. The largest absolute Gasteiger partial charge is 0.379 e. The SMILES string of the molecule is c1nc2c(c(NC3CCC(N4CCOCC4)CC3)n1)-c1cc(-c3cnn(CC4CC4)c3)ccc1C2. The van der Waals surface area contributed by atoms with Crippen molar-refractivity contribution in [3.05, 3.63) is 48.2 Å². The van der Waals surface area contributed by atoms with Crippen molar-refractivity contribution in [1.82, 2.24) is 24.6 Å². The molecular weight excluding hydrogens is 436 g/mol. The van der Waals surface area contributed by atoms with Crippen LogP contribution in [0.5, 0.6) is 0 Å². The van der Waals surface area contributed by atoms with Gasteiger partial charge in [-0.05, 0) is 67.2 Å². The number of nitrogens with zero attached hydrogens (tertiary/aromatic N) is 5. The summed E-state index contributed by atoms with van der Waals surface area (Å²) >= 11 is 0. The highest BCUT2D eigenvalue weighted by atomic mass is 16.5. The van der Waals surface area contributed by atoms with Gasteiger partial charge in [0.15, 0.2) is 0 Å². The van der Waals surface area contributed by atoms with Crippen molar-refractivity contribution in [3.8, 4) is 22.3 Å². The van der Waals surface area contributed by atoms with Gasteiger partial charge in [-0.15, -0.1) is 0 Å². The van der Waals surface area contributed by atoms with E-state index in [2.05, 4.69) is 49.4 Å². The Bertz CT molecular complexity index is 1200. The van der Waals surface area contributed by atoms with E-state index in [-0.39, 0.29) is 0 Å². The van der Waals surface area contributed by atoms with E-state index >= 15 is 0 Å². The molecule has 1 aliphatic heterocycles. The van der Waals surface area contributed by atoms with Crippen molar-refractivity contribution in [2.45, 2.75) is 63.6 Å². The first kappa shape index (κ1) is 21.5. The topological polar surface area (TPSA) is 68.1 Å². The van der Waals surface area contributed by atoms with Crippen LogP contribution in [0.1, 0.15) is 49.8 Å². The molecule has 2 saturated carbocycles. The van der Waals surface area contributed by atoms with Gasteiger partial charge in [-0.25, -0.2) is 9.97 Å². The minimum atomic E-state index is 0.471. The monoisotopic (exact) mass is 470 g/mol. The second-order valence-corrected chi connectivity index (χ2v) is 10.8. The van der Waals surface area contributed by atoms with Gasteiger partial charge in [0, 0.05) is 55.5 Å². The van der Waals surface area contributed by atoms with E-state index in [1.165, 1.54) is 66.3 Å². The molecule has 0 bridgehead atoms. The molecule has 1 N–H and O–H groups in total. The van der Waals surface area contributed by atoms with E-state index in [0.717, 1.165) is 56.7 Å². The molecule has 0 atom stereocenters. The quantitative estimate of drug-likeness (QED) is 0.451. The summed E-state index contributed by atoms with van der Waals surface area (Å²) in [4.78, 5) is 12.0. The number of hydrogen-bond acceptors (Lipinski definition) is 6. The van der Waals surface area contributed by atoms with Gasteiger partial charge in [0.1, 0.15) is 12.1 Å². The number of morpholine rings is 1. The van der Waals surface area contributed by atoms with Crippen molar-refractivity contribution >= 4 is 5.82 Å². The van der Waals surface area contributed by atoms with Gasteiger partial charge >= 0.3 is 0 Å². The Morgan fingerprint density at radius 3 is 2.66 bits per heavy atom. The molecule has 1 aromatic carbocycles. The van der Waals surface area contributed by atoms with Crippen LogP contribution in [0, 0.1) is 5.92 Å². The maximum absolute atomic E-state index is 5.54. The summed E-state index contributed by atoms with van der Waals surface area (Å²) < 4.78 is 7.65. The molecule has 0 radical (unpaired) electrons. The van der Waals surface area contributed by atoms with Crippen LogP contribution in [0.4, 0.5) is 5.82 Å². The van der Waals surface area contributed by atoms with E-state index < -0.39 is 0 Å². The lowest BCUT2D eigenvalue weighted by Gasteiger charge is -2.39. The summed E-state index contributed by atoms with van der Waals surface area (Å²) in [6.45, 7) is 4.98. The number of nitrogens with one attached hydrogen (secondary N) is 1. The second-order valence-electron chi connectivity index (χ2n) is 10.8. The first-order valence-electron chi connectivity index (χ1n) is 13.4. The molecule has 1 saturated heterocycles. The lowest BCUT2D eigenvalue weighted by molar-refractivity contribution is 0.00791. The van der Waals surface area contributed by atoms with Gasteiger partial charge in [0.2, 0.25) is 0 Å². The molecule has 3 aromatic rings. The smallest absolute Gasteiger partial charge is 0.137 e. The zero-order valence-corrected chi connectivity index (χ0v) is 20.3. The normalized spacial score (nSPS) is 24.2. The van der Waals surface area contributed by atoms with Crippen molar-refractivity contribution in [2.24, 2.45) is 5.92 Å². The fourth-order valence-corrected chi connectivity index (χ4v) is 6.17. The van der Waals surface area contributed by atoms with Crippen molar-refractivity contribution in [2.75, 3.05) is 31.6 Å². The Morgan fingerprint density at radius 1 is 0.971 bits per heavy atom. The number of fused-ring (bicyclic) bond motifs is 3. The summed E-state index contributed by atoms with van der Waals surface area (Å²) in [7, 11) is 0. The summed E-state index contributed by atoms with van der Waals surface area (Å²) in [6.07, 6.45) is 14.4. The molecule has 4 aliphatic rings. The summed E-state index contributed by atoms with van der Waals surface area (Å²) in [5, 5.41) is 8.44. The van der Waals surface area contributed by atoms with Gasteiger partial charge in [0.05, 0.1) is 25.1 Å². The first-order chi connectivity index (χ1) is 17.3. The molecule has 3 aliphatic carbocycles. The predicted molar refractivity (Wildman–Crippen MR) is 136 cm³/mol. The third-order valence-electron chi connectivity index (χ3n) is 8.37. The summed E-state index contributed by atoms with van der Waals surface area (Å²) in [6, 6.07) is 8.00. The zero-order chi connectivity index (χ0) is 23.2. The number of hydrogen-bond donors (Lipinski definition) is 1. The van der Waals surface area contributed by atoms with Gasteiger partial charge < -0.3 is 10.1 Å². The van der Waals surface area contributed by atoms with Crippen LogP contribution in [-0.2, 0) is 17.7 Å². The third-order valence-corrected chi connectivity index (χ3v) is 8.37. The van der Waals surface area contributed by atoms with Crippen LogP contribution in [-0.4, -0.2) is 63.0 Å². The van der Waals surface area contributed by atoms with Crippen LogP contribution in [0.3, 0.4) is 0 Å². The number of ether oxygens (including phenoxy) is 1. The average Bonchev–Trinajstić information content (AvgIpc) is 3.45. The Labute approximate surface area is 206 Å². The molecule has 0 unspecified atom stereocenters. The van der Waals surface area contributed by atoms with Crippen molar-refractivity contribution in [3.63, 3.8) is 0 Å². The number of benzene rings is 1. The zero-order valence-electron chi connectivity index (χ0n) is 20.3. The van der Waals surface area contributed by atoms with Crippen LogP contribution in [0.15, 0.2) is 36.9 Å². The standard InChI is InChI=1S/C28H34N6O/c1-2-19(1)16-34-17-22(15-31-34)20-3-4-21-14-26-27(25(21)13-20)28(30-18-29-26)32-23-5-7-24(8-6-23)33-9-11-35-12-10-33/h3-4,13,15,17-19,23-24H,1-2,5-12,14,16H2,(H,29,30,32). The molecule has 3 heterocycles. The molecule has 7 rings (SSSR count). The summed E-state index contributed by atoms with van der Waals surface area (Å²) in [5.74, 6) is 1.83. The highest BCUT2D eigenvalue weighted by Gasteiger charge is 2.30. The highest BCUT2D eigenvalue weighted by Crippen LogP contribution is 2.42. The van der Waals surface area contributed by atoms with E-state index in [9.17, 15) is 0 Å². The van der Waals surface area contributed by atoms with Crippen molar-refractivity contribution < 1.29 is 4.74 Å². The number of anilines is 1. The highest BCUT2D eigenvalue weighted by molar-refractivity contribution is 5.86. The van der Waals surface area contributed by atoms with Gasteiger partial charge in [-0.3, -0.25) is 9.58 Å². The lowest BCUT2D eigenvalue weighted by atomic mass is 9.89. The maximum Gasteiger partial charge on any atom is 0.137 e. The second kappa shape index (κ2) is 9.03. The van der Waals surface area contributed by atoms with Gasteiger partial charge in [-0.1, -0.05) is 12.1 Å². The Kier molecular flexibility index (Phi) is 5.55. The number of rotatable bonds is 6. The molecule has 3 fully saturated rings. The minimum Gasteiger partial charge on any atom is -0.379 e. The fourth-order valence-electron chi connectivity index (χ4n) is 6.17. The Morgan fingerprint density at radius 2 is 1.83 bits per heavy atom. The van der Waals surface area contributed by atoms with E-state index in [4.69, 9.17) is 9.72 Å². The molecule has 0 spiro atoms. The van der Waals surface area contributed by atoms with E-state index in [1.54, 1.807) is 6.33 Å². The minimum absolute atomic E-state index is 0.471. The Balaban J connectivity index is 1.09. The molecule has 7 nitrogen and oxygen atoms in total. The molecular formula is C28H34N6O. The molecule has 0 amide bonds. The fraction of sp³-hybridized carbons (Fsp3) is 0.536. The van der Waals surface area contributed by atoms with Crippen LogP contribution < -0.4 is 5.32 Å². The van der Waals surface area contributed by atoms with E-state index in [0.29, 0.717) is 12.1 Å². The van der Waals surface area contributed by atoms with Gasteiger partial charge in [0.25, 0.3) is 0 Å². The molecule has 2 aromatic heterocycles. The maximum atomic E-state index is 5.54. The van der Waals surface area contributed by atoms with Gasteiger partial charge in [-0.2, -0.15) is 5.10 Å².